The average molecular weight is 255 g/mol. The molecule has 0 radical (unpaired) electrons. The zero-order chi connectivity index (χ0) is 13.3. The standard InChI is InChI=1S/C17H21NO/c19-17(18-14-16-10-5-2-6-11-16)13-7-12-15-8-3-1-4-9-15/h2,5-6,10-13,15H,1,3-4,8-9,14H2,(H,18,19). The van der Waals surface area contributed by atoms with Crippen LogP contribution in [-0.4, -0.2) is 5.91 Å². The van der Waals surface area contributed by atoms with E-state index < -0.39 is 0 Å². The zero-order valence-corrected chi connectivity index (χ0v) is 11.3. The number of amides is 1. The lowest BCUT2D eigenvalue weighted by molar-refractivity contribution is -0.116. The van der Waals surface area contributed by atoms with Crippen LogP contribution in [0.4, 0.5) is 0 Å². The number of hydrogen-bond acceptors (Lipinski definition) is 1. The van der Waals surface area contributed by atoms with Gasteiger partial charge in [0.05, 0.1) is 0 Å². The molecule has 1 amide bonds. The first-order chi connectivity index (χ1) is 9.34. The molecule has 1 aromatic carbocycles. The topological polar surface area (TPSA) is 29.1 Å². The minimum absolute atomic E-state index is 0.0732. The summed E-state index contributed by atoms with van der Waals surface area (Å²) in [6.45, 7) is 0.571. The van der Waals surface area contributed by atoms with Gasteiger partial charge in [-0.1, -0.05) is 49.6 Å². The second-order valence-electron chi connectivity index (χ2n) is 5.08. The monoisotopic (exact) mass is 255 g/mol. The van der Waals surface area contributed by atoms with E-state index in [2.05, 4.69) is 17.1 Å². The highest BCUT2D eigenvalue weighted by Gasteiger charge is 2.09. The second kappa shape index (κ2) is 7.60. The minimum atomic E-state index is -0.0732. The molecule has 1 fully saturated rings. The SMILES string of the molecule is O=C(C=C=CC1CCCCC1)NCc1ccccc1. The largest absolute Gasteiger partial charge is 0.348 e. The summed E-state index contributed by atoms with van der Waals surface area (Å²) in [6.07, 6.45) is 10.0. The molecule has 0 bridgehead atoms. The van der Waals surface area contributed by atoms with Gasteiger partial charge >= 0.3 is 0 Å². The fourth-order valence-corrected chi connectivity index (χ4v) is 2.40. The van der Waals surface area contributed by atoms with Crippen molar-refractivity contribution in [2.75, 3.05) is 0 Å². The van der Waals surface area contributed by atoms with Gasteiger partial charge in [0.15, 0.2) is 0 Å². The van der Waals surface area contributed by atoms with E-state index in [9.17, 15) is 4.79 Å². The van der Waals surface area contributed by atoms with Crippen molar-refractivity contribution in [3.05, 3.63) is 53.8 Å². The van der Waals surface area contributed by atoms with Crippen molar-refractivity contribution in [3.8, 4) is 0 Å². The molecule has 19 heavy (non-hydrogen) atoms. The van der Waals surface area contributed by atoms with Crippen LogP contribution in [0.15, 0.2) is 48.2 Å². The van der Waals surface area contributed by atoms with Crippen LogP contribution < -0.4 is 5.32 Å². The quantitative estimate of drug-likeness (QED) is 0.646. The molecule has 1 N–H and O–H groups in total. The summed E-state index contributed by atoms with van der Waals surface area (Å²) in [7, 11) is 0. The Morgan fingerprint density at radius 2 is 1.95 bits per heavy atom. The predicted octanol–water partition coefficient (Wildman–Crippen LogP) is 3.59. The first kappa shape index (κ1) is 13.6. The van der Waals surface area contributed by atoms with E-state index in [4.69, 9.17) is 0 Å². The molecule has 1 saturated carbocycles. The van der Waals surface area contributed by atoms with Gasteiger partial charge in [-0.25, -0.2) is 0 Å². The van der Waals surface area contributed by atoms with Crippen LogP contribution in [0, 0.1) is 5.92 Å². The molecule has 1 aliphatic rings. The molecule has 2 rings (SSSR count). The van der Waals surface area contributed by atoms with Gasteiger partial charge in [0.25, 0.3) is 5.91 Å². The minimum Gasteiger partial charge on any atom is -0.348 e. The number of hydrogen-bond donors (Lipinski definition) is 1. The summed E-state index contributed by atoms with van der Waals surface area (Å²) in [4.78, 5) is 11.6. The van der Waals surface area contributed by atoms with Gasteiger partial charge in [0.2, 0.25) is 0 Å². The van der Waals surface area contributed by atoms with E-state index in [1.807, 2.05) is 30.3 Å². The molecule has 0 spiro atoms. The van der Waals surface area contributed by atoms with E-state index in [1.54, 1.807) is 0 Å². The van der Waals surface area contributed by atoms with Gasteiger partial charge < -0.3 is 5.32 Å². The van der Waals surface area contributed by atoms with Gasteiger partial charge in [-0.05, 0) is 30.4 Å². The summed E-state index contributed by atoms with van der Waals surface area (Å²) < 4.78 is 0. The lowest BCUT2D eigenvalue weighted by atomic mass is 9.89. The smallest absolute Gasteiger partial charge is 0.252 e. The van der Waals surface area contributed by atoms with Crippen LogP contribution in [0.1, 0.15) is 37.7 Å². The van der Waals surface area contributed by atoms with Crippen LogP contribution in [-0.2, 0) is 11.3 Å². The van der Waals surface area contributed by atoms with E-state index >= 15 is 0 Å². The van der Waals surface area contributed by atoms with E-state index in [-0.39, 0.29) is 5.91 Å². The molecule has 1 aliphatic carbocycles. The zero-order valence-electron chi connectivity index (χ0n) is 11.3. The predicted molar refractivity (Wildman–Crippen MR) is 77.5 cm³/mol. The molecular weight excluding hydrogens is 234 g/mol. The molecular formula is C17H21NO. The van der Waals surface area contributed by atoms with Gasteiger partial charge in [-0.2, -0.15) is 0 Å². The third-order valence-electron chi connectivity index (χ3n) is 3.51. The maximum atomic E-state index is 11.6. The Bertz CT molecular complexity index is 451. The van der Waals surface area contributed by atoms with Crippen molar-refractivity contribution in [3.63, 3.8) is 0 Å². The molecule has 2 nitrogen and oxygen atoms in total. The van der Waals surface area contributed by atoms with Crippen molar-refractivity contribution >= 4 is 5.91 Å². The lowest BCUT2D eigenvalue weighted by Gasteiger charge is -2.16. The fourth-order valence-electron chi connectivity index (χ4n) is 2.40. The Labute approximate surface area is 115 Å². The number of carbonyl (C=O) groups excluding carboxylic acids is 1. The van der Waals surface area contributed by atoms with Crippen molar-refractivity contribution in [1.82, 2.24) is 5.32 Å². The first-order valence-electron chi connectivity index (χ1n) is 7.09. The van der Waals surface area contributed by atoms with Crippen LogP contribution in [0.25, 0.3) is 0 Å². The van der Waals surface area contributed by atoms with E-state index in [0.29, 0.717) is 12.5 Å². The van der Waals surface area contributed by atoms with Gasteiger partial charge in [-0.15, -0.1) is 5.73 Å². The fraction of sp³-hybridized carbons (Fsp3) is 0.412. The molecule has 0 atom stereocenters. The summed E-state index contributed by atoms with van der Waals surface area (Å²) >= 11 is 0. The molecule has 100 valence electrons. The molecule has 1 aromatic rings. The Balaban J connectivity index is 1.75. The van der Waals surface area contributed by atoms with Crippen molar-refractivity contribution in [1.29, 1.82) is 0 Å². The maximum Gasteiger partial charge on any atom is 0.252 e. The first-order valence-corrected chi connectivity index (χ1v) is 7.09. The van der Waals surface area contributed by atoms with E-state index in [1.165, 1.54) is 38.2 Å². The lowest BCUT2D eigenvalue weighted by Crippen LogP contribution is -2.19. The highest BCUT2D eigenvalue weighted by molar-refractivity contribution is 5.87. The summed E-state index contributed by atoms with van der Waals surface area (Å²) in [6, 6.07) is 9.92. The third kappa shape index (κ3) is 5.15. The van der Waals surface area contributed by atoms with Crippen LogP contribution >= 0.6 is 0 Å². The molecule has 2 heteroatoms. The highest BCUT2D eigenvalue weighted by atomic mass is 16.1. The van der Waals surface area contributed by atoms with Crippen molar-refractivity contribution in [2.45, 2.75) is 38.6 Å². The van der Waals surface area contributed by atoms with Crippen LogP contribution in [0.5, 0.6) is 0 Å². The maximum absolute atomic E-state index is 11.6. The van der Waals surface area contributed by atoms with Crippen LogP contribution in [0.2, 0.25) is 0 Å². The van der Waals surface area contributed by atoms with Crippen molar-refractivity contribution in [2.24, 2.45) is 5.92 Å². The Morgan fingerprint density at radius 3 is 2.68 bits per heavy atom. The van der Waals surface area contributed by atoms with Gasteiger partial charge in [0.1, 0.15) is 0 Å². The average Bonchev–Trinajstić information content (AvgIpc) is 2.47. The molecule has 0 aromatic heterocycles. The van der Waals surface area contributed by atoms with Crippen LogP contribution in [0.3, 0.4) is 0 Å². The summed E-state index contributed by atoms with van der Waals surface area (Å²) in [5.41, 5.74) is 4.14. The van der Waals surface area contributed by atoms with Gasteiger partial charge in [0, 0.05) is 12.6 Å². The summed E-state index contributed by atoms with van der Waals surface area (Å²) in [5.74, 6) is 0.544. The Morgan fingerprint density at radius 1 is 1.21 bits per heavy atom. The molecule has 0 aliphatic heterocycles. The summed E-state index contributed by atoms with van der Waals surface area (Å²) in [5, 5.41) is 2.86. The Kier molecular flexibility index (Phi) is 5.46. The molecule has 0 heterocycles. The Hall–Kier alpha value is -1.79. The highest BCUT2D eigenvalue weighted by Crippen LogP contribution is 2.23. The molecule has 0 unspecified atom stereocenters. The molecule has 0 saturated heterocycles. The van der Waals surface area contributed by atoms with E-state index in [0.717, 1.165) is 5.56 Å². The second-order valence-corrected chi connectivity index (χ2v) is 5.08. The third-order valence-corrected chi connectivity index (χ3v) is 3.51. The number of benzene rings is 1. The van der Waals surface area contributed by atoms with Gasteiger partial charge in [-0.3, -0.25) is 4.79 Å². The number of rotatable bonds is 4. The number of carbonyl (C=O) groups is 1. The number of nitrogens with one attached hydrogen (secondary N) is 1. The normalized spacial score (nSPS) is 15.4. The van der Waals surface area contributed by atoms with Crippen molar-refractivity contribution < 1.29 is 4.79 Å².